The average Bonchev–Trinajstić information content (AvgIpc) is 2.17. The molecule has 2 nitrogen and oxygen atoms in total. The molecule has 1 N–H and O–H groups in total. The van der Waals surface area contributed by atoms with Gasteiger partial charge in [-0.1, -0.05) is 32.4 Å². The monoisotopic (exact) mass is 221 g/mol. The minimum Gasteiger partial charge on any atom is -0.508 e. The van der Waals surface area contributed by atoms with Crippen molar-refractivity contribution >= 4 is 0 Å². The second kappa shape index (κ2) is 5.90. The highest BCUT2D eigenvalue weighted by molar-refractivity contribution is 5.29. The number of benzene rings is 1. The molecule has 2 unspecified atom stereocenters. The maximum absolute atomic E-state index is 9.54. The summed E-state index contributed by atoms with van der Waals surface area (Å²) in [6.45, 7) is 4.49. The summed E-state index contributed by atoms with van der Waals surface area (Å²) in [6.07, 6.45) is 2.41. The molecule has 0 aliphatic heterocycles. The van der Waals surface area contributed by atoms with E-state index in [4.69, 9.17) is 0 Å². The van der Waals surface area contributed by atoms with Crippen LogP contribution in [-0.2, 0) is 0 Å². The molecule has 1 aromatic rings. The van der Waals surface area contributed by atoms with Crippen LogP contribution in [0.25, 0.3) is 0 Å². The zero-order valence-electron chi connectivity index (χ0n) is 10.8. The molecule has 16 heavy (non-hydrogen) atoms. The van der Waals surface area contributed by atoms with Crippen molar-refractivity contribution < 1.29 is 5.11 Å². The number of hydrogen-bond acceptors (Lipinski definition) is 2. The molecular weight excluding hydrogens is 198 g/mol. The first-order valence-corrected chi connectivity index (χ1v) is 6.01. The van der Waals surface area contributed by atoms with Crippen LogP contribution in [0.5, 0.6) is 5.75 Å². The second-order valence-electron chi connectivity index (χ2n) is 4.77. The number of phenols is 1. The van der Waals surface area contributed by atoms with Gasteiger partial charge in [0.25, 0.3) is 0 Å². The van der Waals surface area contributed by atoms with Crippen molar-refractivity contribution in [2.75, 3.05) is 14.1 Å². The Morgan fingerprint density at radius 1 is 1.31 bits per heavy atom. The minimum absolute atomic E-state index is 0.355. The first-order chi connectivity index (χ1) is 7.56. The molecule has 0 heterocycles. The van der Waals surface area contributed by atoms with Gasteiger partial charge >= 0.3 is 0 Å². The molecule has 0 bridgehead atoms. The van der Waals surface area contributed by atoms with Crippen molar-refractivity contribution in [1.82, 2.24) is 4.90 Å². The summed E-state index contributed by atoms with van der Waals surface area (Å²) < 4.78 is 0. The quantitative estimate of drug-likeness (QED) is 0.823. The van der Waals surface area contributed by atoms with Crippen LogP contribution < -0.4 is 0 Å². The molecule has 0 spiro atoms. The van der Waals surface area contributed by atoms with Gasteiger partial charge < -0.3 is 10.0 Å². The predicted octanol–water partition coefficient (Wildman–Crippen LogP) is 3.43. The van der Waals surface area contributed by atoms with E-state index in [0.29, 0.717) is 17.7 Å². The van der Waals surface area contributed by atoms with Crippen molar-refractivity contribution in [3.8, 4) is 5.75 Å². The van der Waals surface area contributed by atoms with Crippen molar-refractivity contribution in [2.24, 2.45) is 5.92 Å². The van der Waals surface area contributed by atoms with Crippen LogP contribution in [0.3, 0.4) is 0 Å². The number of nitrogens with zero attached hydrogens (tertiary/aromatic N) is 1. The van der Waals surface area contributed by atoms with Gasteiger partial charge in [0, 0.05) is 6.04 Å². The molecular formula is C14H23NO. The highest BCUT2D eigenvalue weighted by Crippen LogP contribution is 2.31. The molecule has 1 aromatic carbocycles. The summed E-state index contributed by atoms with van der Waals surface area (Å²) in [5.74, 6) is 0.954. The van der Waals surface area contributed by atoms with Gasteiger partial charge in [-0.2, -0.15) is 0 Å². The van der Waals surface area contributed by atoms with E-state index >= 15 is 0 Å². The average molecular weight is 221 g/mol. The topological polar surface area (TPSA) is 23.5 Å². The van der Waals surface area contributed by atoms with E-state index in [1.165, 1.54) is 18.4 Å². The van der Waals surface area contributed by atoms with Gasteiger partial charge in [0.15, 0.2) is 0 Å². The van der Waals surface area contributed by atoms with Crippen molar-refractivity contribution in [3.05, 3.63) is 29.8 Å². The van der Waals surface area contributed by atoms with E-state index in [1.807, 2.05) is 12.1 Å². The zero-order valence-corrected chi connectivity index (χ0v) is 10.8. The molecule has 1 rings (SSSR count). The van der Waals surface area contributed by atoms with E-state index in [-0.39, 0.29) is 0 Å². The smallest absolute Gasteiger partial charge is 0.115 e. The third kappa shape index (κ3) is 3.24. The van der Waals surface area contributed by atoms with Gasteiger partial charge in [-0.15, -0.1) is 0 Å². The fourth-order valence-electron chi connectivity index (χ4n) is 2.46. The normalized spacial score (nSPS) is 15.1. The summed E-state index contributed by atoms with van der Waals surface area (Å²) in [7, 11) is 4.20. The third-order valence-corrected chi connectivity index (χ3v) is 3.05. The molecule has 2 atom stereocenters. The molecule has 0 fully saturated rings. The van der Waals surface area contributed by atoms with Crippen LogP contribution in [-0.4, -0.2) is 24.1 Å². The van der Waals surface area contributed by atoms with Crippen LogP contribution in [0.4, 0.5) is 0 Å². The fraction of sp³-hybridized carbons (Fsp3) is 0.571. The lowest BCUT2D eigenvalue weighted by atomic mass is 9.90. The summed E-state index contributed by atoms with van der Waals surface area (Å²) in [4.78, 5) is 2.23. The van der Waals surface area contributed by atoms with Crippen LogP contribution in [0.15, 0.2) is 24.3 Å². The number of aromatic hydroxyl groups is 1. The standard InChI is InChI=1S/C14H23NO/c1-5-7-11(2)14(15(3)4)12-8-6-9-13(16)10-12/h6,8-11,14,16H,5,7H2,1-4H3. The Labute approximate surface area is 98.9 Å². The van der Waals surface area contributed by atoms with Gasteiger partial charge in [0.05, 0.1) is 0 Å². The number of rotatable bonds is 5. The molecule has 0 saturated carbocycles. The van der Waals surface area contributed by atoms with Gasteiger partial charge in [-0.3, -0.25) is 0 Å². The Kier molecular flexibility index (Phi) is 4.81. The molecule has 0 aromatic heterocycles. The summed E-state index contributed by atoms with van der Waals surface area (Å²) in [6, 6.07) is 7.99. The molecule has 0 aliphatic carbocycles. The molecule has 2 heteroatoms. The second-order valence-corrected chi connectivity index (χ2v) is 4.77. The molecule has 0 amide bonds. The van der Waals surface area contributed by atoms with Gasteiger partial charge in [-0.25, -0.2) is 0 Å². The van der Waals surface area contributed by atoms with E-state index in [0.717, 1.165) is 0 Å². The van der Waals surface area contributed by atoms with Crippen LogP contribution in [0.2, 0.25) is 0 Å². The third-order valence-electron chi connectivity index (χ3n) is 3.05. The first-order valence-electron chi connectivity index (χ1n) is 6.01. The lowest BCUT2D eigenvalue weighted by molar-refractivity contribution is 0.213. The highest BCUT2D eigenvalue weighted by atomic mass is 16.3. The largest absolute Gasteiger partial charge is 0.508 e. The maximum Gasteiger partial charge on any atom is 0.115 e. The van der Waals surface area contributed by atoms with Crippen molar-refractivity contribution in [3.63, 3.8) is 0 Å². The lowest BCUT2D eigenvalue weighted by Crippen LogP contribution is -2.25. The summed E-state index contributed by atoms with van der Waals surface area (Å²) in [5.41, 5.74) is 1.20. The molecule has 0 aliphatic rings. The van der Waals surface area contributed by atoms with E-state index < -0.39 is 0 Å². The van der Waals surface area contributed by atoms with Gasteiger partial charge in [0.2, 0.25) is 0 Å². The van der Waals surface area contributed by atoms with E-state index in [1.54, 1.807) is 6.07 Å². The van der Waals surface area contributed by atoms with E-state index in [9.17, 15) is 5.11 Å². The summed E-state index contributed by atoms with van der Waals surface area (Å²) >= 11 is 0. The van der Waals surface area contributed by atoms with E-state index in [2.05, 4.69) is 38.9 Å². The molecule has 0 radical (unpaired) electrons. The highest BCUT2D eigenvalue weighted by Gasteiger charge is 2.20. The fourth-order valence-corrected chi connectivity index (χ4v) is 2.46. The van der Waals surface area contributed by atoms with Crippen LogP contribution in [0, 0.1) is 5.92 Å². The van der Waals surface area contributed by atoms with Crippen LogP contribution in [0.1, 0.15) is 38.3 Å². The Hall–Kier alpha value is -1.02. The molecule has 90 valence electrons. The SMILES string of the molecule is CCCC(C)C(c1cccc(O)c1)N(C)C. The Balaban J connectivity index is 2.93. The van der Waals surface area contributed by atoms with Crippen LogP contribution >= 0.6 is 0 Å². The lowest BCUT2D eigenvalue weighted by Gasteiger charge is -2.30. The first kappa shape index (κ1) is 13.0. The zero-order chi connectivity index (χ0) is 12.1. The number of hydrogen-bond donors (Lipinski definition) is 1. The van der Waals surface area contributed by atoms with Crippen molar-refractivity contribution in [2.45, 2.75) is 32.7 Å². The van der Waals surface area contributed by atoms with Gasteiger partial charge in [-0.05, 0) is 44.1 Å². The predicted molar refractivity (Wildman–Crippen MR) is 68.6 cm³/mol. The Morgan fingerprint density at radius 2 is 2.00 bits per heavy atom. The van der Waals surface area contributed by atoms with Gasteiger partial charge in [0.1, 0.15) is 5.75 Å². The maximum atomic E-state index is 9.54. The summed E-state index contributed by atoms with van der Waals surface area (Å²) in [5, 5.41) is 9.54. The number of phenolic OH excluding ortho intramolecular Hbond substituents is 1. The molecule has 0 saturated heterocycles. The van der Waals surface area contributed by atoms with Crippen molar-refractivity contribution in [1.29, 1.82) is 0 Å². The Morgan fingerprint density at radius 3 is 2.50 bits per heavy atom. The Bertz CT molecular complexity index is 322. The minimum atomic E-state index is 0.355.